The van der Waals surface area contributed by atoms with Crippen LogP contribution in [0.25, 0.3) is 0 Å². The number of ether oxygens (including phenoxy) is 1. The molecule has 0 aromatic heterocycles. The second-order valence-corrected chi connectivity index (χ2v) is 6.22. The van der Waals surface area contributed by atoms with E-state index in [0.29, 0.717) is 19.7 Å². The van der Waals surface area contributed by atoms with Crippen molar-refractivity contribution in [3.05, 3.63) is 29.8 Å². The highest BCUT2D eigenvalue weighted by molar-refractivity contribution is 5.92. The van der Waals surface area contributed by atoms with E-state index in [2.05, 4.69) is 16.0 Å². The maximum atomic E-state index is 12.2. The van der Waals surface area contributed by atoms with Gasteiger partial charge >= 0.3 is 0 Å². The first-order valence-corrected chi connectivity index (χ1v) is 8.53. The fraction of sp³-hybridized carbons (Fsp3) is 0.556. The summed E-state index contributed by atoms with van der Waals surface area (Å²) in [4.78, 5) is 24.2. The number of carbonyl (C=O) groups is 2. The van der Waals surface area contributed by atoms with E-state index in [4.69, 9.17) is 4.74 Å². The van der Waals surface area contributed by atoms with Gasteiger partial charge in [-0.25, -0.2) is 0 Å². The first kappa shape index (κ1) is 21.4. The molecule has 1 aromatic rings. The molecule has 7 heteroatoms. The molecular formula is C18H28ClN3O3. The summed E-state index contributed by atoms with van der Waals surface area (Å²) in [6.45, 7) is 7.50. The fourth-order valence-corrected chi connectivity index (χ4v) is 2.54. The molecule has 1 fully saturated rings. The number of halogens is 1. The molecule has 2 rings (SSSR count). The van der Waals surface area contributed by atoms with Gasteiger partial charge < -0.3 is 20.7 Å². The minimum atomic E-state index is -0.327. The van der Waals surface area contributed by atoms with E-state index in [1.807, 2.05) is 45.0 Å². The lowest BCUT2D eigenvalue weighted by Gasteiger charge is -2.29. The number of amides is 2. The van der Waals surface area contributed by atoms with E-state index in [1.54, 1.807) is 0 Å². The van der Waals surface area contributed by atoms with Crippen LogP contribution in [0.2, 0.25) is 0 Å². The van der Waals surface area contributed by atoms with Crippen molar-refractivity contribution >= 4 is 29.9 Å². The Morgan fingerprint density at radius 1 is 1.40 bits per heavy atom. The molecule has 1 heterocycles. The van der Waals surface area contributed by atoms with Crippen molar-refractivity contribution in [2.45, 2.75) is 45.9 Å². The summed E-state index contributed by atoms with van der Waals surface area (Å²) >= 11 is 0. The maximum Gasteiger partial charge on any atom is 0.240 e. The monoisotopic (exact) mass is 369 g/mol. The number of rotatable bonds is 6. The standard InChI is InChI=1S/C18H27N3O3.ClH/c1-4-12(2)17(22)21-15-7-5-6-14(10-15)11-20-18(23)16-13(3)24-9-8-19-16;/h5-7,10,12-13,16,19H,4,8-9,11H2,1-3H3,(H,20,23)(H,21,22);1H/t12?,13-,16+;/m1./s1. The number of anilines is 1. The van der Waals surface area contributed by atoms with Gasteiger partial charge in [0.1, 0.15) is 6.04 Å². The SMILES string of the molecule is CCC(C)C(=O)Nc1cccc(CNC(=O)[C@H]2NCCO[C@@H]2C)c1.Cl. The molecule has 0 radical (unpaired) electrons. The average molecular weight is 370 g/mol. The second-order valence-electron chi connectivity index (χ2n) is 6.22. The van der Waals surface area contributed by atoms with Crippen molar-refractivity contribution in [2.24, 2.45) is 5.92 Å². The van der Waals surface area contributed by atoms with E-state index >= 15 is 0 Å². The van der Waals surface area contributed by atoms with Gasteiger partial charge in [-0.1, -0.05) is 26.0 Å². The average Bonchev–Trinajstić information content (AvgIpc) is 2.59. The Bertz CT molecular complexity index is 582. The number of carbonyl (C=O) groups excluding carboxylic acids is 2. The molecule has 0 bridgehead atoms. The summed E-state index contributed by atoms with van der Waals surface area (Å²) in [5, 5.41) is 8.99. The number of hydrogen-bond donors (Lipinski definition) is 3. The molecule has 1 aliphatic rings. The van der Waals surface area contributed by atoms with Gasteiger partial charge in [-0.15, -0.1) is 12.4 Å². The van der Waals surface area contributed by atoms with Crippen molar-refractivity contribution in [1.29, 1.82) is 0 Å². The van der Waals surface area contributed by atoms with Crippen LogP contribution in [0.1, 0.15) is 32.8 Å². The highest BCUT2D eigenvalue weighted by Gasteiger charge is 2.27. The minimum absolute atomic E-state index is 0. The summed E-state index contributed by atoms with van der Waals surface area (Å²) in [6, 6.07) is 7.21. The van der Waals surface area contributed by atoms with Gasteiger partial charge in [-0.2, -0.15) is 0 Å². The zero-order chi connectivity index (χ0) is 17.5. The third-order valence-electron chi connectivity index (χ3n) is 4.32. The highest BCUT2D eigenvalue weighted by Crippen LogP contribution is 2.13. The molecule has 3 N–H and O–H groups in total. The predicted molar refractivity (Wildman–Crippen MR) is 101 cm³/mol. The van der Waals surface area contributed by atoms with E-state index in [-0.39, 0.29) is 42.3 Å². The van der Waals surface area contributed by atoms with Crippen molar-refractivity contribution < 1.29 is 14.3 Å². The van der Waals surface area contributed by atoms with Crippen LogP contribution in [-0.4, -0.2) is 37.1 Å². The molecule has 1 saturated heterocycles. The van der Waals surface area contributed by atoms with Crippen molar-refractivity contribution in [3.8, 4) is 0 Å². The van der Waals surface area contributed by atoms with Gasteiger partial charge in [0.05, 0.1) is 12.7 Å². The summed E-state index contributed by atoms with van der Waals surface area (Å²) in [7, 11) is 0. The summed E-state index contributed by atoms with van der Waals surface area (Å²) in [6.07, 6.45) is 0.663. The quantitative estimate of drug-likeness (QED) is 0.717. The number of morpholine rings is 1. The zero-order valence-corrected chi connectivity index (χ0v) is 15.8. The first-order chi connectivity index (χ1) is 11.5. The molecule has 140 valence electrons. The smallest absolute Gasteiger partial charge is 0.240 e. The topological polar surface area (TPSA) is 79.5 Å². The van der Waals surface area contributed by atoms with Crippen molar-refractivity contribution in [2.75, 3.05) is 18.5 Å². The predicted octanol–water partition coefficient (Wildman–Crippen LogP) is 2.09. The lowest BCUT2D eigenvalue weighted by atomic mass is 10.1. The molecular weight excluding hydrogens is 342 g/mol. The van der Waals surface area contributed by atoms with Gasteiger partial charge in [0.15, 0.2) is 0 Å². The summed E-state index contributed by atoms with van der Waals surface area (Å²) < 4.78 is 5.49. The van der Waals surface area contributed by atoms with Gasteiger partial charge in [-0.05, 0) is 31.0 Å². The van der Waals surface area contributed by atoms with Crippen LogP contribution >= 0.6 is 12.4 Å². The van der Waals surface area contributed by atoms with E-state index in [9.17, 15) is 9.59 Å². The first-order valence-electron chi connectivity index (χ1n) is 8.53. The molecule has 0 spiro atoms. The van der Waals surface area contributed by atoms with E-state index in [1.165, 1.54) is 0 Å². The van der Waals surface area contributed by atoms with Gasteiger partial charge in [0, 0.05) is 24.7 Å². The lowest BCUT2D eigenvalue weighted by molar-refractivity contribution is -0.129. The van der Waals surface area contributed by atoms with Gasteiger partial charge in [0.2, 0.25) is 11.8 Å². The molecule has 1 aromatic carbocycles. The molecule has 1 aliphatic heterocycles. The number of nitrogens with one attached hydrogen (secondary N) is 3. The van der Waals surface area contributed by atoms with Crippen LogP contribution < -0.4 is 16.0 Å². The molecule has 1 unspecified atom stereocenters. The summed E-state index contributed by atoms with van der Waals surface area (Å²) in [5.41, 5.74) is 1.69. The van der Waals surface area contributed by atoms with Crippen LogP contribution in [0.3, 0.4) is 0 Å². The molecule has 25 heavy (non-hydrogen) atoms. The van der Waals surface area contributed by atoms with Gasteiger partial charge in [-0.3, -0.25) is 9.59 Å². The van der Waals surface area contributed by atoms with Crippen LogP contribution in [0.5, 0.6) is 0 Å². The van der Waals surface area contributed by atoms with Crippen molar-refractivity contribution in [1.82, 2.24) is 10.6 Å². The Morgan fingerprint density at radius 2 is 2.16 bits per heavy atom. The zero-order valence-electron chi connectivity index (χ0n) is 15.0. The third-order valence-corrected chi connectivity index (χ3v) is 4.32. The Labute approximate surface area is 155 Å². The molecule has 6 nitrogen and oxygen atoms in total. The Hall–Kier alpha value is -1.63. The highest BCUT2D eigenvalue weighted by atomic mass is 35.5. The third kappa shape index (κ3) is 6.30. The fourth-order valence-electron chi connectivity index (χ4n) is 2.54. The van der Waals surface area contributed by atoms with Crippen LogP contribution in [0, 0.1) is 5.92 Å². The molecule has 2 amide bonds. The van der Waals surface area contributed by atoms with Crippen LogP contribution in [-0.2, 0) is 20.9 Å². The van der Waals surface area contributed by atoms with Crippen LogP contribution in [0.4, 0.5) is 5.69 Å². The Balaban J connectivity index is 0.00000312. The Morgan fingerprint density at radius 3 is 2.84 bits per heavy atom. The Kier molecular flexibility index (Phi) is 8.89. The van der Waals surface area contributed by atoms with Crippen molar-refractivity contribution in [3.63, 3.8) is 0 Å². The molecule has 3 atom stereocenters. The normalized spacial score (nSPS) is 20.9. The second kappa shape index (κ2) is 10.4. The number of hydrogen-bond acceptors (Lipinski definition) is 4. The van der Waals surface area contributed by atoms with Crippen LogP contribution in [0.15, 0.2) is 24.3 Å². The summed E-state index contributed by atoms with van der Waals surface area (Å²) in [5.74, 6) is -0.0838. The maximum absolute atomic E-state index is 12.2. The molecule has 0 aliphatic carbocycles. The van der Waals surface area contributed by atoms with Gasteiger partial charge in [0.25, 0.3) is 0 Å². The van der Waals surface area contributed by atoms with E-state index < -0.39 is 0 Å². The lowest BCUT2D eigenvalue weighted by Crippen LogP contribution is -2.55. The van der Waals surface area contributed by atoms with E-state index in [0.717, 1.165) is 17.7 Å². The number of benzene rings is 1. The largest absolute Gasteiger partial charge is 0.375 e. The minimum Gasteiger partial charge on any atom is -0.375 e. The molecule has 0 saturated carbocycles.